The minimum Gasteiger partial charge on any atom is -0.508 e. The van der Waals surface area contributed by atoms with Gasteiger partial charge in [-0.3, -0.25) is 0 Å². The standard InChI is InChI=1S/C16H12N2O3/c19-12-6-3-5-11(8-12)16-17-15(18-21-16)14-9-10-4-1-2-7-13(10)20-14/h1-8,14,19H,9H2. The van der Waals surface area contributed by atoms with Crippen LogP contribution < -0.4 is 4.74 Å². The van der Waals surface area contributed by atoms with Crippen LogP contribution in [0.15, 0.2) is 53.1 Å². The van der Waals surface area contributed by atoms with Crippen LogP contribution in [0, 0.1) is 0 Å². The molecule has 1 aliphatic heterocycles. The summed E-state index contributed by atoms with van der Waals surface area (Å²) in [5.41, 5.74) is 1.83. The zero-order valence-corrected chi connectivity index (χ0v) is 11.1. The van der Waals surface area contributed by atoms with Crippen LogP contribution in [-0.4, -0.2) is 15.2 Å². The topological polar surface area (TPSA) is 68.4 Å². The number of phenolic OH excluding ortho intramolecular Hbond substituents is 1. The first-order valence-corrected chi connectivity index (χ1v) is 6.67. The molecule has 1 N–H and O–H groups in total. The van der Waals surface area contributed by atoms with E-state index in [1.807, 2.05) is 24.3 Å². The Bertz CT molecular complexity index is 772. The minimum atomic E-state index is -0.225. The average molecular weight is 280 g/mol. The highest BCUT2D eigenvalue weighted by Gasteiger charge is 2.28. The summed E-state index contributed by atoms with van der Waals surface area (Å²) in [6.07, 6.45) is 0.507. The fourth-order valence-electron chi connectivity index (χ4n) is 2.45. The molecule has 0 saturated heterocycles. The van der Waals surface area contributed by atoms with Gasteiger partial charge in [-0.25, -0.2) is 0 Å². The number of ether oxygens (including phenoxy) is 1. The van der Waals surface area contributed by atoms with Gasteiger partial charge in [0.25, 0.3) is 5.89 Å². The van der Waals surface area contributed by atoms with E-state index in [1.165, 1.54) is 0 Å². The van der Waals surface area contributed by atoms with Gasteiger partial charge in [0.15, 0.2) is 6.10 Å². The summed E-state index contributed by atoms with van der Waals surface area (Å²) in [6.45, 7) is 0. The van der Waals surface area contributed by atoms with Crippen molar-refractivity contribution in [2.45, 2.75) is 12.5 Å². The van der Waals surface area contributed by atoms with Gasteiger partial charge < -0.3 is 14.4 Å². The van der Waals surface area contributed by atoms with E-state index in [9.17, 15) is 5.11 Å². The first kappa shape index (κ1) is 12.0. The Morgan fingerprint density at radius 2 is 2.00 bits per heavy atom. The van der Waals surface area contributed by atoms with E-state index in [0.29, 0.717) is 17.3 Å². The number of hydrogen-bond donors (Lipinski definition) is 1. The maximum Gasteiger partial charge on any atom is 0.258 e. The molecule has 0 radical (unpaired) electrons. The summed E-state index contributed by atoms with van der Waals surface area (Å²) in [7, 11) is 0. The third-order valence-electron chi connectivity index (χ3n) is 3.47. The van der Waals surface area contributed by atoms with Gasteiger partial charge in [-0.15, -0.1) is 0 Å². The smallest absolute Gasteiger partial charge is 0.258 e. The Hall–Kier alpha value is -2.82. The van der Waals surface area contributed by atoms with Gasteiger partial charge in [-0.1, -0.05) is 29.4 Å². The molecular formula is C16H12N2O3. The van der Waals surface area contributed by atoms with Crippen molar-refractivity contribution in [1.82, 2.24) is 10.1 Å². The van der Waals surface area contributed by atoms with E-state index in [1.54, 1.807) is 24.3 Å². The molecule has 1 unspecified atom stereocenters. The fourth-order valence-corrected chi connectivity index (χ4v) is 2.45. The highest BCUT2D eigenvalue weighted by Crippen LogP contribution is 2.35. The maximum absolute atomic E-state index is 9.50. The van der Waals surface area contributed by atoms with E-state index < -0.39 is 0 Å². The van der Waals surface area contributed by atoms with E-state index in [4.69, 9.17) is 9.26 Å². The lowest BCUT2D eigenvalue weighted by Gasteiger charge is -2.04. The summed E-state index contributed by atoms with van der Waals surface area (Å²) >= 11 is 0. The van der Waals surface area contributed by atoms with Crippen LogP contribution >= 0.6 is 0 Å². The molecule has 2 aromatic carbocycles. The van der Waals surface area contributed by atoms with Gasteiger partial charge >= 0.3 is 0 Å². The number of phenols is 1. The van der Waals surface area contributed by atoms with Crippen molar-refractivity contribution in [3.05, 3.63) is 59.9 Å². The van der Waals surface area contributed by atoms with Gasteiger partial charge in [0.05, 0.1) is 0 Å². The third-order valence-corrected chi connectivity index (χ3v) is 3.47. The predicted molar refractivity (Wildman–Crippen MR) is 74.9 cm³/mol. The van der Waals surface area contributed by atoms with Crippen molar-refractivity contribution in [1.29, 1.82) is 0 Å². The molecule has 0 amide bonds. The molecule has 1 atom stereocenters. The van der Waals surface area contributed by atoms with Gasteiger partial charge in [-0.05, 0) is 29.8 Å². The van der Waals surface area contributed by atoms with Crippen LogP contribution in [0.1, 0.15) is 17.5 Å². The SMILES string of the molecule is Oc1cccc(-c2nc(C3Cc4ccccc4O3)no2)c1. The van der Waals surface area contributed by atoms with Crippen molar-refractivity contribution >= 4 is 0 Å². The van der Waals surface area contributed by atoms with E-state index in [0.717, 1.165) is 17.7 Å². The number of nitrogens with zero attached hydrogens (tertiary/aromatic N) is 2. The molecule has 5 heteroatoms. The Balaban J connectivity index is 1.62. The third kappa shape index (κ3) is 2.12. The van der Waals surface area contributed by atoms with Crippen LogP contribution in [0.5, 0.6) is 11.5 Å². The van der Waals surface area contributed by atoms with Gasteiger partial charge in [-0.2, -0.15) is 4.98 Å². The monoisotopic (exact) mass is 280 g/mol. The van der Waals surface area contributed by atoms with Crippen LogP contribution in [-0.2, 0) is 6.42 Å². The van der Waals surface area contributed by atoms with E-state index >= 15 is 0 Å². The lowest BCUT2D eigenvalue weighted by atomic mass is 10.1. The number of rotatable bonds is 2. The van der Waals surface area contributed by atoms with Crippen molar-refractivity contribution in [2.24, 2.45) is 0 Å². The second-order valence-corrected chi connectivity index (χ2v) is 4.93. The van der Waals surface area contributed by atoms with E-state index in [2.05, 4.69) is 10.1 Å². The Morgan fingerprint density at radius 3 is 2.86 bits per heavy atom. The highest BCUT2D eigenvalue weighted by atomic mass is 16.5. The summed E-state index contributed by atoms with van der Waals surface area (Å²) in [6, 6.07) is 14.6. The number of aromatic nitrogens is 2. The van der Waals surface area contributed by atoms with Crippen LogP contribution in [0.25, 0.3) is 11.5 Å². The molecule has 2 heterocycles. The molecule has 0 spiro atoms. The molecule has 0 aliphatic carbocycles. The summed E-state index contributed by atoms with van der Waals surface area (Å²) in [5, 5.41) is 13.5. The van der Waals surface area contributed by atoms with Gasteiger partial charge in [0.1, 0.15) is 11.5 Å². The number of fused-ring (bicyclic) bond motifs is 1. The number of para-hydroxylation sites is 1. The molecule has 0 fully saturated rings. The normalized spacial score (nSPS) is 16.5. The van der Waals surface area contributed by atoms with Crippen LogP contribution in [0.3, 0.4) is 0 Å². The maximum atomic E-state index is 9.50. The fraction of sp³-hybridized carbons (Fsp3) is 0.125. The van der Waals surface area contributed by atoms with Crippen molar-refractivity contribution in [3.63, 3.8) is 0 Å². The first-order chi connectivity index (χ1) is 10.3. The molecule has 104 valence electrons. The molecule has 0 bridgehead atoms. The van der Waals surface area contributed by atoms with Crippen molar-refractivity contribution in [2.75, 3.05) is 0 Å². The predicted octanol–water partition coefficient (Wildman–Crippen LogP) is 3.12. The molecule has 1 aromatic heterocycles. The molecule has 1 aliphatic rings. The van der Waals surface area contributed by atoms with Crippen molar-refractivity contribution < 1.29 is 14.4 Å². The molecule has 21 heavy (non-hydrogen) atoms. The van der Waals surface area contributed by atoms with E-state index in [-0.39, 0.29) is 11.9 Å². The Labute approximate surface area is 120 Å². The molecule has 3 aromatic rings. The molecule has 5 nitrogen and oxygen atoms in total. The molecule has 4 rings (SSSR count). The van der Waals surface area contributed by atoms with Crippen LogP contribution in [0.4, 0.5) is 0 Å². The molecule has 0 saturated carbocycles. The Kier molecular flexibility index (Phi) is 2.64. The zero-order chi connectivity index (χ0) is 14.2. The number of hydrogen-bond acceptors (Lipinski definition) is 5. The van der Waals surface area contributed by atoms with Gasteiger partial charge in [0.2, 0.25) is 5.82 Å². The second kappa shape index (κ2) is 4.63. The van der Waals surface area contributed by atoms with Crippen LogP contribution in [0.2, 0.25) is 0 Å². The van der Waals surface area contributed by atoms with Gasteiger partial charge in [0, 0.05) is 12.0 Å². The second-order valence-electron chi connectivity index (χ2n) is 4.93. The zero-order valence-electron chi connectivity index (χ0n) is 11.1. The first-order valence-electron chi connectivity index (χ1n) is 6.67. The van der Waals surface area contributed by atoms with Crippen molar-refractivity contribution in [3.8, 4) is 23.0 Å². The summed E-state index contributed by atoms with van der Waals surface area (Å²) < 4.78 is 11.1. The lowest BCUT2D eigenvalue weighted by molar-refractivity contribution is 0.221. The average Bonchev–Trinajstić information content (AvgIpc) is 3.14. The molecular weight excluding hydrogens is 268 g/mol. The number of aromatic hydroxyl groups is 1. The Morgan fingerprint density at radius 1 is 1.10 bits per heavy atom. The lowest BCUT2D eigenvalue weighted by Crippen LogP contribution is -2.05. The quantitative estimate of drug-likeness (QED) is 0.781. The minimum absolute atomic E-state index is 0.164. The largest absolute Gasteiger partial charge is 0.508 e. The highest BCUT2D eigenvalue weighted by molar-refractivity contribution is 5.55. The summed E-state index contributed by atoms with van der Waals surface area (Å²) in [5.74, 6) is 1.92. The summed E-state index contributed by atoms with van der Waals surface area (Å²) in [4.78, 5) is 4.37. The number of benzene rings is 2.